The molecule has 46 heavy (non-hydrogen) atoms. The van der Waals surface area contributed by atoms with Crippen LogP contribution in [0, 0.1) is 13.8 Å². The van der Waals surface area contributed by atoms with E-state index < -0.39 is 28.5 Å². The number of nitrogens with zero attached hydrogens (tertiary/aromatic N) is 2. The molecule has 2 amide bonds. The molecular weight excluding hydrogens is 641 g/mol. The predicted octanol–water partition coefficient (Wildman–Crippen LogP) is 7.36. The van der Waals surface area contributed by atoms with Gasteiger partial charge in [-0.25, -0.2) is 8.42 Å². The van der Waals surface area contributed by atoms with E-state index in [1.165, 1.54) is 17.0 Å². The third-order valence-corrected chi connectivity index (χ3v) is 9.94. The summed E-state index contributed by atoms with van der Waals surface area (Å²) in [5.74, 6) is -0.846. The van der Waals surface area contributed by atoms with Crippen LogP contribution in [-0.4, -0.2) is 44.3 Å². The number of nitrogens with one attached hydrogen (secondary N) is 1. The minimum Gasteiger partial charge on any atom is -0.354 e. The van der Waals surface area contributed by atoms with Gasteiger partial charge in [0.2, 0.25) is 11.8 Å². The molecule has 0 saturated heterocycles. The molecule has 0 aliphatic heterocycles. The standard InChI is InChI=1S/C36H39Cl2N3O4S/c1-4-5-21-39-36(43)34(23-28-9-7-6-8-10-28)40(24-29-13-15-30(37)16-14-29)35(42)25-41(33-20-17-31(38)22-27(33)3)46(44,45)32-18-11-26(2)12-19-32/h6-20,22,34H,4-5,21,23-25H2,1-3H3,(H,39,43)/t34-/m0/s1. The molecule has 0 radical (unpaired) electrons. The summed E-state index contributed by atoms with van der Waals surface area (Å²) in [6, 6.07) is 26.9. The topological polar surface area (TPSA) is 86.8 Å². The zero-order valence-corrected chi connectivity index (χ0v) is 28.6. The highest BCUT2D eigenvalue weighted by Crippen LogP contribution is 2.30. The molecule has 4 rings (SSSR count). The highest BCUT2D eigenvalue weighted by Gasteiger charge is 2.35. The second-order valence-corrected chi connectivity index (χ2v) is 14.0. The summed E-state index contributed by atoms with van der Waals surface area (Å²) in [5.41, 5.74) is 3.41. The molecule has 1 atom stereocenters. The maximum absolute atomic E-state index is 14.6. The van der Waals surface area contributed by atoms with Crippen molar-refractivity contribution in [3.63, 3.8) is 0 Å². The summed E-state index contributed by atoms with van der Waals surface area (Å²) in [7, 11) is -4.21. The minimum absolute atomic E-state index is 0.0441. The lowest BCUT2D eigenvalue weighted by molar-refractivity contribution is -0.140. The number of sulfonamides is 1. The average Bonchev–Trinajstić information content (AvgIpc) is 3.03. The van der Waals surface area contributed by atoms with Crippen LogP contribution in [0.5, 0.6) is 0 Å². The van der Waals surface area contributed by atoms with Crippen molar-refractivity contribution in [2.45, 2.75) is 57.5 Å². The van der Waals surface area contributed by atoms with Gasteiger partial charge < -0.3 is 10.2 Å². The van der Waals surface area contributed by atoms with Gasteiger partial charge in [-0.05, 0) is 79.4 Å². The largest absolute Gasteiger partial charge is 0.354 e. The van der Waals surface area contributed by atoms with Gasteiger partial charge in [0.25, 0.3) is 10.0 Å². The van der Waals surface area contributed by atoms with Gasteiger partial charge >= 0.3 is 0 Å². The number of rotatable bonds is 14. The molecule has 0 aromatic heterocycles. The van der Waals surface area contributed by atoms with Crippen molar-refractivity contribution in [3.8, 4) is 0 Å². The Labute approximate surface area is 282 Å². The van der Waals surface area contributed by atoms with Crippen molar-refractivity contribution < 1.29 is 18.0 Å². The van der Waals surface area contributed by atoms with E-state index in [1.807, 2.05) is 44.2 Å². The Morgan fingerprint density at radius 3 is 2.11 bits per heavy atom. The lowest BCUT2D eigenvalue weighted by atomic mass is 10.0. The van der Waals surface area contributed by atoms with Crippen LogP contribution in [0.3, 0.4) is 0 Å². The second kappa shape index (κ2) is 16.1. The summed E-state index contributed by atoms with van der Waals surface area (Å²) < 4.78 is 29.6. The number of hydrogen-bond acceptors (Lipinski definition) is 4. The number of carbonyl (C=O) groups excluding carboxylic acids is 2. The first-order chi connectivity index (χ1) is 22.0. The van der Waals surface area contributed by atoms with Crippen LogP contribution in [0.4, 0.5) is 5.69 Å². The molecule has 0 spiro atoms. The summed E-state index contributed by atoms with van der Waals surface area (Å²) >= 11 is 12.4. The van der Waals surface area contributed by atoms with E-state index in [0.29, 0.717) is 27.8 Å². The lowest BCUT2D eigenvalue weighted by Gasteiger charge is -2.34. The number of halogens is 2. The Morgan fingerprint density at radius 2 is 1.48 bits per heavy atom. The van der Waals surface area contributed by atoms with Crippen LogP contribution in [0.1, 0.15) is 42.0 Å². The highest BCUT2D eigenvalue weighted by molar-refractivity contribution is 7.92. The van der Waals surface area contributed by atoms with E-state index in [0.717, 1.165) is 33.8 Å². The Kier molecular flexibility index (Phi) is 12.3. The van der Waals surface area contributed by atoms with Gasteiger partial charge in [0, 0.05) is 29.6 Å². The zero-order chi connectivity index (χ0) is 33.3. The van der Waals surface area contributed by atoms with E-state index in [1.54, 1.807) is 61.5 Å². The van der Waals surface area contributed by atoms with Gasteiger partial charge in [-0.2, -0.15) is 0 Å². The summed E-state index contributed by atoms with van der Waals surface area (Å²) in [6.07, 6.45) is 1.92. The normalized spacial score (nSPS) is 11.9. The lowest BCUT2D eigenvalue weighted by Crippen LogP contribution is -2.53. The van der Waals surface area contributed by atoms with E-state index >= 15 is 0 Å². The fraction of sp³-hybridized carbons (Fsp3) is 0.278. The van der Waals surface area contributed by atoms with Crippen molar-refractivity contribution in [2.24, 2.45) is 0 Å². The van der Waals surface area contributed by atoms with E-state index in [-0.39, 0.29) is 23.8 Å². The van der Waals surface area contributed by atoms with Crippen molar-refractivity contribution in [1.29, 1.82) is 0 Å². The smallest absolute Gasteiger partial charge is 0.264 e. The Bertz CT molecular complexity index is 1730. The quantitative estimate of drug-likeness (QED) is 0.141. The molecule has 0 bridgehead atoms. The van der Waals surface area contributed by atoms with Gasteiger partial charge in [0.05, 0.1) is 10.6 Å². The third-order valence-electron chi connectivity index (χ3n) is 7.68. The van der Waals surface area contributed by atoms with Crippen molar-refractivity contribution in [3.05, 3.63) is 129 Å². The molecule has 0 saturated carbocycles. The van der Waals surface area contributed by atoms with E-state index in [9.17, 15) is 18.0 Å². The Balaban J connectivity index is 1.81. The molecule has 242 valence electrons. The first-order valence-corrected chi connectivity index (χ1v) is 17.4. The molecule has 10 heteroatoms. The van der Waals surface area contributed by atoms with Gasteiger partial charge in [-0.3, -0.25) is 13.9 Å². The van der Waals surface area contributed by atoms with E-state index in [2.05, 4.69) is 5.32 Å². The Hall–Kier alpha value is -3.85. The number of aryl methyl sites for hydroxylation is 2. The third kappa shape index (κ3) is 9.12. The number of anilines is 1. The molecule has 4 aromatic carbocycles. The number of amides is 2. The average molecular weight is 681 g/mol. The van der Waals surface area contributed by atoms with Crippen LogP contribution < -0.4 is 9.62 Å². The zero-order valence-electron chi connectivity index (χ0n) is 26.2. The van der Waals surface area contributed by atoms with Crippen LogP contribution in [0.25, 0.3) is 0 Å². The van der Waals surface area contributed by atoms with Crippen LogP contribution in [0.15, 0.2) is 102 Å². The maximum Gasteiger partial charge on any atom is 0.264 e. The summed E-state index contributed by atoms with van der Waals surface area (Å²) in [5, 5.41) is 3.97. The molecule has 1 N–H and O–H groups in total. The Morgan fingerprint density at radius 1 is 0.826 bits per heavy atom. The number of unbranched alkanes of at least 4 members (excludes halogenated alkanes) is 1. The SMILES string of the molecule is CCCCNC(=O)[C@H](Cc1ccccc1)N(Cc1ccc(Cl)cc1)C(=O)CN(c1ccc(Cl)cc1C)S(=O)(=O)c1ccc(C)cc1. The van der Waals surface area contributed by atoms with Gasteiger partial charge in [0.15, 0.2) is 0 Å². The van der Waals surface area contributed by atoms with Gasteiger partial charge in [-0.15, -0.1) is 0 Å². The van der Waals surface area contributed by atoms with E-state index in [4.69, 9.17) is 23.2 Å². The molecule has 7 nitrogen and oxygen atoms in total. The fourth-order valence-corrected chi connectivity index (χ4v) is 6.93. The molecular formula is C36H39Cl2N3O4S. The van der Waals surface area contributed by atoms with Crippen LogP contribution in [0.2, 0.25) is 10.0 Å². The van der Waals surface area contributed by atoms with Crippen LogP contribution in [-0.2, 0) is 32.6 Å². The van der Waals surface area contributed by atoms with Gasteiger partial charge in [0.1, 0.15) is 12.6 Å². The van der Waals surface area contributed by atoms with Crippen molar-refractivity contribution >= 4 is 50.7 Å². The molecule has 0 fully saturated rings. The molecule has 0 aliphatic carbocycles. The molecule has 0 aliphatic rings. The number of hydrogen-bond donors (Lipinski definition) is 1. The maximum atomic E-state index is 14.6. The summed E-state index contributed by atoms with van der Waals surface area (Å²) in [4.78, 5) is 29.9. The van der Waals surface area contributed by atoms with Gasteiger partial charge in [-0.1, -0.05) is 96.7 Å². The highest BCUT2D eigenvalue weighted by atomic mass is 35.5. The molecule has 0 unspecified atom stereocenters. The van der Waals surface area contributed by atoms with Crippen LogP contribution >= 0.6 is 23.2 Å². The molecule has 4 aromatic rings. The fourth-order valence-electron chi connectivity index (χ4n) is 5.10. The van der Waals surface area contributed by atoms with Crippen molar-refractivity contribution in [1.82, 2.24) is 10.2 Å². The minimum atomic E-state index is -4.21. The number of carbonyl (C=O) groups is 2. The summed E-state index contributed by atoms with van der Waals surface area (Å²) in [6.45, 7) is 5.63. The van der Waals surface area contributed by atoms with Crippen molar-refractivity contribution in [2.75, 3.05) is 17.4 Å². The molecule has 0 heterocycles. The predicted molar refractivity (Wildman–Crippen MR) is 186 cm³/mol. The number of benzene rings is 4. The monoisotopic (exact) mass is 679 g/mol. The first-order valence-electron chi connectivity index (χ1n) is 15.2. The first kappa shape index (κ1) is 35.0. The second-order valence-electron chi connectivity index (χ2n) is 11.3.